The number of nitro groups is 1. The molecule has 1 unspecified atom stereocenters. The molecule has 0 fully saturated rings. The lowest BCUT2D eigenvalue weighted by molar-refractivity contribution is -0.384. The van der Waals surface area contributed by atoms with Gasteiger partial charge in [0.25, 0.3) is 5.69 Å². The van der Waals surface area contributed by atoms with E-state index in [1.54, 1.807) is 6.07 Å². The fourth-order valence-corrected chi connectivity index (χ4v) is 3.37. The number of fused-ring (bicyclic) bond motifs is 1. The number of aryl methyl sites for hydroxylation is 1. The average molecular weight is 340 g/mol. The third-order valence-corrected chi connectivity index (χ3v) is 4.73. The monoisotopic (exact) mass is 340 g/mol. The van der Waals surface area contributed by atoms with Crippen molar-refractivity contribution in [1.82, 2.24) is 0 Å². The minimum atomic E-state index is -1.07. The molecule has 0 saturated carbocycles. The summed E-state index contributed by atoms with van der Waals surface area (Å²) >= 11 is 0. The molecule has 1 atom stereocenters. The Kier molecular flexibility index (Phi) is 4.55. The molecular weight excluding hydrogens is 320 g/mol. The fraction of sp³-hybridized carbons (Fsp3) is 0.316. The first-order valence-corrected chi connectivity index (χ1v) is 8.25. The highest BCUT2D eigenvalue weighted by Gasteiger charge is 2.34. The van der Waals surface area contributed by atoms with E-state index in [1.807, 2.05) is 24.3 Å². The molecule has 130 valence electrons. The van der Waals surface area contributed by atoms with E-state index in [2.05, 4.69) is 5.32 Å². The largest absolute Gasteiger partial charge is 0.383 e. The maximum Gasteiger partial charge on any atom is 0.293 e. The summed E-state index contributed by atoms with van der Waals surface area (Å²) in [6.07, 6.45) is 2.38. The van der Waals surface area contributed by atoms with Crippen molar-refractivity contribution in [2.24, 2.45) is 0 Å². The number of aliphatic hydroxyl groups is 1. The van der Waals surface area contributed by atoms with Crippen molar-refractivity contribution in [1.29, 1.82) is 0 Å². The quantitative estimate of drug-likeness (QED) is 0.494. The number of rotatable bonds is 5. The molecule has 0 radical (unpaired) electrons. The second-order valence-electron chi connectivity index (χ2n) is 6.44. The van der Waals surface area contributed by atoms with Gasteiger partial charge in [-0.2, -0.15) is 0 Å². The molecule has 0 aromatic heterocycles. The first-order chi connectivity index (χ1) is 11.9. The molecule has 0 aliphatic heterocycles. The third-order valence-electron chi connectivity index (χ3n) is 4.73. The lowest BCUT2D eigenvalue weighted by atomic mass is 9.79. The Labute approximate surface area is 145 Å². The van der Waals surface area contributed by atoms with Crippen LogP contribution in [0, 0.1) is 10.1 Å². The Hall–Kier alpha value is -2.73. The Bertz CT molecular complexity index is 834. The lowest BCUT2D eigenvalue weighted by Gasteiger charge is -2.35. The maximum atomic E-state index is 11.4. The molecule has 1 aliphatic rings. The van der Waals surface area contributed by atoms with Crippen LogP contribution in [0.3, 0.4) is 0 Å². The molecule has 25 heavy (non-hydrogen) atoms. The zero-order valence-electron chi connectivity index (χ0n) is 14.0. The minimum absolute atomic E-state index is 0.166. The van der Waals surface area contributed by atoms with Crippen LogP contribution in [0.1, 0.15) is 41.3 Å². The molecule has 0 spiro atoms. The van der Waals surface area contributed by atoms with Gasteiger partial charge < -0.3 is 10.4 Å². The summed E-state index contributed by atoms with van der Waals surface area (Å²) in [4.78, 5) is 22.2. The first-order valence-electron chi connectivity index (χ1n) is 8.25. The highest BCUT2D eigenvalue weighted by Crippen LogP contribution is 2.36. The van der Waals surface area contributed by atoms with Crippen molar-refractivity contribution in [2.75, 3.05) is 11.9 Å². The molecule has 6 heteroatoms. The zero-order chi connectivity index (χ0) is 18.0. The number of hydrogen-bond donors (Lipinski definition) is 2. The van der Waals surface area contributed by atoms with Crippen LogP contribution in [0.15, 0.2) is 42.5 Å². The molecule has 0 bridgehead atoms. The standard InChI is InChI=1S/C19H20N2O4/c1-13(22)15-8-9-17(18(11-15)21(24)25)20-12-19(23)10-4-6-14-5-2-3-7-16(14)19/h2-3,5,7-9,11,20,23H,4,6,10,12H2,1H3. The van der Waals surface area contributed by atoms with Gasteiger partial charge >= 0.3 is 0 Å². The van der Waals surface area contributed by atoms with Gasteiger partial charge in [0.05, 0.1) is 4.92 Å². The van der Waals surface area contributed by atoms with Gasteiger partial charge in [-0.05, 0) is 49.4 Å². The summed E-state index contributed by atoms with van der Waals surface area (Å²) in [6.45, 7) is 1.54. The van der Waals surface area contributed by atoms with Gasteiger partial charge in [-0.15, -0.1) is 0 Å². The van der Waals surface area contributed by atoms with Gasteiger partial charge in [0.2, 0.25) is 0 Å². The van der Waals surface area contributed by atoms with Crippen LogP contribution in [0.2, 0.25) is 0 Å². The van der Waals surface area contributed by atoms with Gasteiger partial charge in [0, 0.05) is 18.2 Å². The number of Topliss-reactive ketones (excluding diaryl/α,β-unsaturated/α-hetero) is 1. The maximum absolute atomic E-state index is 11.4. The number of carbonyl (C=O) groups excluding carboxylic acids is 1. The van der Waals surface area contributed by atoms with E-state index in [1.165, 1.54) is 19.1 Å². The molecule has 2 aromatic carbocycles. The van der Waals surface area contributed by atoms with Gasteiger partial charge in [0.15, 0.2) is 5.78 Å². The molecular formula is C19H20N2O4. The molecule has 0 saturated heterocycles. The summed E-state index contributed by atoms with van der Waals surface area (Å²) in [6, 6.07) is 12.1. The molecule has 0 amide bonds. The number of carbonyl (C=O) groups is 1. The lowest BCUT2D eigenvalue weighted by Crippen LogP contribution is -2.37. The third kappa shape index (κ3) is 3.39. The van der Waals surface area contributed by atoms with Crippen LogP contribution in [-0.2, 0) is 12.0 Å². The Morgan fingerprint density at radius 3 is 2.80 bits per heavy atom. The van der Waals surface area contributed by atoms with Crippen molar-refractivity contribution in [3.63, 3.8) is 0 Å². The predicted octanol–water partition coefficient (Wildman–Crippen LogP) is 3.43. The van der Waals surface area contributed by atoms with Crippen LogP contribution in [0.4, 0.5) is 11.4 Å². The first kappa shape index (κ1) is 17.1. The normalized spacial score (nSPS) is 19.1. The van der Waals surface area contributed by atoms with Gasteiger partial charge in [-0.3, -0.25) is 14.9 Å². The van der Waals surface area contributed by atoms with Crippen molar-refractivity contribution in [3.05, 3.63) is 69.3 Å². The summed E-state index contributed by atoms with van der Waals surface area (Å²) in [5, 5.41) is 25.4. The molecule has 2 N–H and O–H groups in total. The van der Waals surface area contributed by atoms with Gasteiger partial charge in [-0.25, -0.2) is 0 Å². The number of hydrogen-bond acceptors (Lipinski definition) is 5. The van der Waals surface area contributed by atoms with Crippen LogP contribution in [0.5, 0.6) is 0 Å². The number of ketones is 1. The number of nitrogens with zero attached hydrogens (tertiary/aromatic N) is 1. The van der Waals surface area contributed by atoms with E-state index in [4.69, 9.17) is 0 Å². The van der Waals surface area contributed by atoms with E-state index in [0.29, 0.717) is 17.7 Å². The topological polar surface area (TPSA) is 92.5 Å². The summed E-state index contributed by atoms with van der Waals surface area (Å²) < 4.78 is 0. The van der Waals surface area contributed by atoms with E-state index in [9.17, 15) is 20.0 Å². The fourth-order valence-electron chi connectivity index (χ4n) is 3.37. The molecule has 1 aliphatic carbocycles. The van der Waals surface area contributed by atoms with Crippen molar-refractivity contribution in [2.45, 2.75) is 31.8 Å². The molecule has 6 nitrogen and oxygen atoms in total. The van der Waals surface area contributed by atoms with Crippen LogP contribution < -0.4 is 5.32 Å². The van der Waals surface area contributed by atoms with E-state index >= 15 is 0 Å². The molecule has 2 aromatic rings. The van der Waals surface area contributed by atoms with Crippen molar-refractivity contribution < 1.29 is 14.8 Å². The molecule has 0 heterocycles. The predicted molar refractivity (Wildman–Crippen MR) is 94.9 cm³/mol. The Morgan fingerprint density at radius 1 is 1.32 bits per heavy atom. The van der Waals surface area contributed by atoms with Crippen LogP contribution >= 0.6 is 0 Å². The average Bonchev–Trinajstić information content (AvgIpc) is 2.60. The second-order valence-corrected chi connectivity index (χ2v) is 6.44. The smallest absolute Gasteiger partial charge is 0.293 e. The van der Waals surface area contributed by atoms with Crippen molar-refractivity contribution in [3.8, 4) is 0 Å². The highest BCUT2D eigenvalue weighted by molar-refractivity contribution is 5.95. The number of benzene rings is 2. The second kappa shape index (κ2) is 6.64. The number of nitro benzene ring substituents is 1. The minimum Gasteiger partial charge on any atom is -0.383 e. The summed E-state index contributed by atoms with van der Waals surface area (Å²) in [5.74, 6) is -0.227. The van der Waals surface area contributed by atoms with Crippen LogP contribution in [-0.4, -0.2) is 22.4 Å². The number of nitrogens with one attached hydrogen (secondary N) is 1. The highest BCUT2D eigenvalue weighted by atomic mass is 16.6. The Morgan fingerprint density at radius 2 is 2.08 bits per heavy atom. The zero-order valence-corrected chi connectivity index (χ0v) is 14.0. The number of anilines is 1. The van der Waals surface area contributed by atoms with Gasteiger partial charge in [-0.1, -0.05) is 24.3 Å². The Balaban J connectivity index is 1.87. The molecule has 3 rings (SSSR count). The van der Waals surface area contributed by atoms with Gasteiger partial charge in [0.1, 0.15) is 11.3 Å². The van der Waals surface area contributed by atoms with E-state index < -0.39 is 10.5 Å². The summed E-state index contributed by atoms with van der Waals surface area (Å²) in [7, 11) is 0. The summed E-state index contributed by atoms with van der Waals surface area (Å²) in [5.41, 5.74) is 1.34. The van der Waals surface area contributed by atoms with E-state index in [0.717, 1.165) is 24.0 Å². The van der Waals surface area contributed by atoms with Crippen LogP contribution in [0.25, 0.3) is 0 Å². The van der Waals surface area contributed by atoms with Crippen molar-refractivity contribution >= 4 is 17.2 Å². The SMILES string of the molecule is CC(=O)c1ccc(NCC2(O)CCCc3ccccc32)c([N+](=O)[O-])c1. The van der Waals surface area contributed by atoms with E-state index in [-0.39, 0.29) is 18.0 Å².